The van der Waals surface area contributed by atoms with Crippen LogP contribution in [0.25, 0.3) is 0 Å². The van der Waals surface area contributed by atoms with Gasteiger partial charge in [-0.3, -0.25) is 0 Å². The number of hydrogen-bond donors (Lipinski definition) is 1. The number of carboxylic acids is 1. The second kappa shape index (κ2) is 6.96. The van der Waals surface area contributed by atoms with Crippen molar-refractivity contribution < 1.29 is 14.6 Å². The zero-order valence-corrected chi connectivity index (χ0v) is 11.9. The summed E-state index contributed by atoms with van der Waals surface area (Å²) in [6.45, 7) is 0. The monoisotopic (exact) mass is 289 g/mol. The number of aromatic carboxylic acids is 1. The zero-order valence-electron chi connectivity index (χ0n) is 11.1. The first-order valence-electron chi connectivity index (χ1n) is 6.14. The molecule has 0 aliphatic carbocycles. The fraction of sp³-hybridized carbons (Fsp3) is 0.200. The van der Waals surface area contributed by atoms with E-state index < -0.39 is 5.97 Å². The molecule has 0 radical (unpaired) electrons. The molecule has 1 heterocycles. The van der Waals surface area contributed by atoms with Gasteiger partial charge in [0.2, 0.25) is 0 Å². The number of hydrogen-bond acceptors (Lipinski definition) is 4. The summed E-state index contributed by atoms with van der Waals surface area (Å²) in [4.78, 5) is 15.0. The van der Waals surface area contributed by atoms with Gasteiger partial charge in [-0.1, -0.05) is 12.1 Å². The number of benzene rings is 1. The van der Waals surface area contributed by atoms with Crippen LogP contribution in [0.5, 0.6) is 5.75 Å². The lowest BCUT2D eigenvalue weighted by atomic mass is 10.2. The molecule has 0 amide bonds. The lowest BCUT2D eigenvalue weighted by Crippen LogP contribution is -1.97. The van der Waals surface area contributed by atoms with Crippen LogP contribution in [0.15, 0.2) is 47.6 Å². The van der Waals surface area contributed by atoms with E-state index in [1.807, 2.05) is 24.3 Å². The quantitative estimate of drug-likeness (QED) is 0.828. The van der Waals surface area contributed by atoms with Gasteiger partial charge in [0.1, 0.15) is 5.75 Å². The van der Waals surface area contributed by atoms with Gasteiger partial charge in [-0.2, -0.15) is 0 Å². The van der Waals surface area contributed by atoms with Crippen LogP contribution >= 0.6 is 11.8 Å². The third-order valence-corrected chi connectivity index (χ3v) is 3.71. The molecular formula is C15H15NO3S. The van der Waals surface area contributed by atoms with Crippen molar-refractivity contribution in [3.05, 3.63) is 53.7 Å². The van der Waals surface area contributed by atoms with E-state index in [0.29, 0.717) is 0 Å². The molecule has 2 aromatic rings. The van der Waals surface area contributed by atoms with Crippen molar-refractivity contribution in [2.24, 2.45) is 0 Å². The predicted molar refractivity (Wildman–Crippen MR) is 78.6 cm³/mol. The molecule has 1 N–H and O–H groups in total. The van der Waals surface area contributed by atoms with Crippen molar-refractivity contribution in [2.75, 3.05) is 12.9 Å². The molecule has 1 aromatic carbocycles. The molecule has 5 heteroatoms. The van der Waals surface area contributed by atoms with Gasteiger partial charge in [0.05, 0.1) is 17.7 Å². The van der Waals surface area contributed by atoms with E-state index in [2.05, 4.69) is 4.98 Å². The topological polar surface area (TPSA) is 59.4 Å². The summed E-state index contributed by atoms with van der Waals surface area (Å²) in [6, 6.07) is 11.0. The largest absolute Gasteiger partial charge is 0.497 e. The van der Waals surface area contributed by atoms with Crippen molar-refractivity contribution in [3.8, 4) is 5.75 Å². The summed E-state index contributed by atoms with van der Waals surface area (Å²) in [5, 5.41) is 9.65. The minimum atomic E-state index is -0.926. The van der Waals surface area contributed by atoms with Crippen LogP contribution in [-0.4, -0.2) is 28.9 Å². The number of rotatable bonds is 6. The number of ether oxygens (including phenoxy) is 1. The number of aryl methyl sites for hydroxylation is 1. The summed E-state index contributed by atoms with van der Waals surface area (Å²) in [5.41, 5.74) is 1.49. The second-order valence-electron chi connectivity index (χ2n) is 4.13. The number of pyridine rings is 1. The van der Waals surface area contributed by atoms with Gasteiger partial charge < -0.3 is 9.84 Å². The fourth-order valence-electron chi connectivity index (χ4n) is 1.69. The van der Waals surface area contributed by atoms with E-state index in [-0.39, 0.29) is 5.56 Å². The molecule has 4 nitrogen and oxygen atoms in total. The minimum absolute atomic E-state index is 0.270. The molecular weight excluding hydrogens is 274 g/mol. The van der Waals surface area contributed by atoms with Gasteiger partial charge >= 0.3 is 5.97 Å². The first-order chi connectivity index (χ1) is 9.69. The van der Waals surface area contributed by atoms with Crippen LogP contribution in [-0.2, 0) is 6.42 Å². The van der Waals surface area contributed by atoms with Crippen molar-refractivity contribution in [1.29, 1.82) is 0 Å². The van der Waals surface area contributed by atoms with E-state index in [9.17, 15) is 4.79 Å². The third-order valence-electron chi connectivity index (χ3n) is 2.78. The third kappa shape index (κ3) is 3.99. The van der Waals surface area contributed by atoms with Gasteiger partial charge in [0.25, 0.3) is 0 Å². The van der Waals surface area contributed by atoms with E-state index >= 15 is 0 Å². The molecule has 104 valence electrons. The highest BCUT2D eigenvalue weighted by Crippen LogP contribution is 2.19. The molecule has 0 unspecified atom stereocenters. The van der Waals surface area contributed by atoms with E-state index in [4.69, 9.17) is 9.84 Å². The van der Waals surface area contributed by atoms with E-state index in [0.717, 1.165) is 22.9 Å². The fourth-order valence-corrected chi connectivity index (χ4v) is 2.58. The Kier molecular flexibility index (Phi) is 5.01. The lowest BCUT2D eigenvalue weighted by Gasteiger charge is -2.04. The number of methoxy groups -OCH3 is 1. The second-order valence-corrected chi connectivity index (χ2v) is 5.25. The van der Waals surface area contributed by atoms with Crippen molar-refractivity contribution in [1.82, 2.24) is 4.98 Å². The first-order valence-corrected chi connectivity index (χ1v) is 7.12. The molecule has 0 spiro atoms. The lowest BCUT2D eigenvalue weighted by molar-refractivity contribution is 0.0696. The van der Waals surface area contributed by atoms with Crippen molar-refractivity contribution >= 4 is 17.7 Å². The molecule has 0 aliphatic rings. The predicted octanol–water partition coefficient (Wildman–Crippen LogP) is 3.12. The Bertz CT molecular complexity index is 584. The summed E-state index contributed by atoms with van der Waals surface area (Å²) >= 11 is 1.55. The average Bonchev–Trinajstić information content (AvgIpc) is 2.48. The summed E-state index contributed by atoms with van der Waals surface area (Å²) in [6.07, 6.45) is 2.42. The van der Waals surface area contributed by atoms with Crippen molar-refractivity contribution in [2.45, 2.75) is 11.4 Å². The standard InChI is InChI=1S/C15H15NO3S/c1-19-13-4-2-11(3-5-13)7-9-20-14-10-12(15(17)18)6-8-16-14/h2-6,8,10H,7,9H2,1H3,(H,17,18). The number of carboxylic acid groups (broad SMARTS) is 1. The number of aromatic nitrogens is 1. The average molecular weight is 289 g/mol. The molecule has 0 saturated heterocycles. The Morgan fingerprint density at radius 2 is 2.05 bits per heavy atom. The zero-order chi connectivity index (χ0) is 14.4. The molecule has 0 atom stereocenters. The Labute approximate surface area is 121 Å². The number of thioether (sulfide) groups is 1. The van der Waals surface area contributed by atoms with Crippen LogP contribution in [0, 0.1) is 0 Å². The van der Waals surface area contributed by atoms with Crippen molar-refractivity contribution in [3.63, 3.8) is 0 Å². The van der Waals surface area contributed by atoms with Gasteiger partial charge in [-0.25, -0.2) is 9.78 Å². The van der Waals surface area contributed by atoms with Crippen LogP contribution in [0.1, 0.15) is 15.9 Å². The first kappa shape index (κ1) is 14.4. The molecule has 1 aromatic heterocycles. The van der Waals surface area contributed by atoms with Crippen LogP contribution in [0.4, 0.5) is 0 Å². The van der Waals surface area contributed by atoms with Crippen LogP contribution in [0.2, 0.25) is 0 Å². The maximum atomic E-state index is 10.9. The highest BCUT2D eigenvalue weighted by Gasteiger charge is 2.04. The number of carbonyl (C=O) groups is 1. The summed E-state index contributed by atoms with van der Waals surface area (Å²) < 4.78 is 5.11. The van der Waals surface area contributed by atoms with Crippen LogP contribution in [0.3, 0.4) is 0 Å². The normalized spacial score (nSPS) is 10.2. The Hall–Kier alpha value is -2.01. The maximum Gasteiger partial charge on any atom is 0.335 e. The molecule has 0 aliphatic heterocycles. The van der Waals surface area contributed by atoms with Crippen LogP contribution < -0.4 is 4.74 Å². The maximum absolute atomic E-state index is 10.9. The smallest absolute Gasteiger partial charge is 0.335 e. The molecule has 0 saturated carbocycles. The molecule has 0 fully saturated rings. The summed E-state index contributed by atoms with van der Waals surface area (Å²) in [5.74, 6) is 0.768. The molecule has 20 heavy (non-hydrogen) atoms. The molecule has 0 bridgehead atoms. The SMILES string of the molecule is COc1ccc(CCSc2cc(C(=O)O)ccn2)cc1. The van der Waals surface area contributed by atoms with Gasteiger partial charge in [0, 0.05) is 11.9 Å². The summed E-state index contributed by atoms with van der Waals surface area (Å²) in [7, 11) is 1.64. The van der Waals surface area contributed by atoms with E-state index in [1.165, 1.54) is 17.8 Å². The van der Waals surface area contributed by atoms with Gasteiger partial charge in [-0.05, 0) is 36.2 Å². The van der Waals surface area contributed by atoms with Gasteiger partial charge in [0.15, 0.2) is 0 Å². The van der Waals surface area contributed by atoms with E-state index in [1.54, 1.807) is 24.9 Å². The number of nitrogens with zero attached hydrogens (tertiary/aromatic N) is 1. The van der Waals surface area contributed by atoms with Gasteiger partial charge in [-0.15, -0.1) is 11.8 Å². The Balaban J connectivity index is 1.88. The Morgan fingerprint density at radius 1 is 1.30 bits per heavy atom. The highest BCUT2D eigenvalue weighted by molar-refractivity contribution is 7.99. The molecule has 2 rings (SSSR count). The minimum Gasteiger partial charge on any atom is -0.497 e. The highest BCUT2D eigenvalue weighted by atomic mass is 32.2. The Morgan fingerprint density at radius 3 is 2.70 bits per heavy atom.